The minimum atomic E-state index is 0.0494. The molecule has 1 aromatic carbocycles. The largest absolute Gasteiger partial charge is 0.487 e. The lowest BCUT2D eigenvalue weighted by Gasteiger charge is -2.17. The summed E-state index contributed by atoms with van der Waals surface area (Å²) in [6.45, 7) is 2.39. The molecular weight excluding hydrogens is 296 g/mol. The molecule has 1 amide bonds. The van der Waals surface area contributed by atoms with Gasteiger partial charge in [-0.15, -0.1) is 5.10 Å². The van der Waals surface area contributed by atoms with Gasteiger partial charge in [-0.05, 0) is 37.1 Å². The van der Waals surface area contributed by atoms with Crippen molar-refractivity contribution < 1.29 is 14.3 Å². The molecule has 7 nitrogen and oxygen atoms in total. The summed E-state index contributed by atoms with van der Waals surface area (Å²) in [6, 6.07) is 5.62. The minimum absolute atomic E-state index is 0.0494. The number of anilines is 1. The molecule has 2 heterocycles. The van der Waals surface area contributed by atoms with Crippen molar-refractivity contribution in [1.29, 1.82) is 0 Å². The van der Waals surface area contributed by atoms with Gasteiger partial charge in [-0.3, -0.25) is 14.3 Å². The molecule has 0 atom stereocenters. The highest BCUT2D eigenvalue weighted by Gasteiger charge is 2.15. The molecule has 1 aliphatic heterocycles. The summed E-state index contributed by atoms with van der Waals surface area (Å²) >= 11 is 0. The quantitative estimate of drug-likeness (QED) is 0.877. The first-order chi connectivity index (χ1) is 11.1. The van der Waals surface area contributed by atoms with Gasteiger partial charge in [0.2, 0.25) is 5.91 Å². The van der Waals surface area contributed by atoms with Crippen LogP contribution in [0.1, 0.15) is 31.0 Å². The summed E-state index contributed by atoms with van der Waals surface area (Å²) < 4.78 is 7.37. The van der Waals surface area contributed by atoms with Crippen molar-refractivity contribution in [3.05, 3.63) is 35.7 Å². The van der Waals surface area contributed by atoms with Gasteiger partial charge < -0.3 is 10.1 Å². The van der Waals surface area contributed by atoms with Gasteiger partial charge >= 0.3 is 0 Å². The number of nitrogens with one attached hydrogen (secondary N) is 1. The molecule has 0 unspecified atom stereocenters. The van der Waals surface area contributed by atoms with Crippen LogP contribution < -0.4 is 10.1 Å². The van der Waals surface area contributed by atoms with Crippen molar-refractivity contribution in [3.63, 3.8) is 0 Å². The summed E-state index contributed by atoms with van der Waals surface area (Å²) in [5.41, 5.74) is 2.63. The molecule has 1 aromatic heterocycles. The Morgan fingerprint density at radius 1 is 1.39 bits per heavy atom. The highest BCUT2D eigenvalue weighted by molar-refractivity contribution is 5.93. The maximum atomic E-state index is 11.3. The summed E-state index contributed by atoms with van der Waals surface area (Å²) in [5.74, 6) is 0.908. The summed E-state index contributed by atoms with van der Waals surface area (Å²) in [6.07, 6.45) is 3.45. The van der Waals surface area contributed by atoms with Crippen LogP contribution >= 0.6 is 0 Å². The van der Waals surface area contributed by atoms with Gasteiger partial charge in [0.25, 0.3) is 0 Å². The molecule has 0 bridgehead atoms. The highest BCUT2D eigenvalue weighted by Crippen LogP contribution is 2.27. The second kappa shape index (κ2) is 6.60. The van der Waals surface area contributed by atoms with Crippen molar-refractivity contribution in [3.8, 4) is 5.75 Å². The highest BCUT2D eigenvalue weighted by atomic mass is 16.5. The topological polar surface area (TPSA) is 86.1 Å². The van der Waals surface area contributed by atoms with Gasteiger partial charge in [0.15, 0.2) is 0 Å². The fraction of sp³-hybridized carbons (Fsp3) is 0.375. The van der Waals surface area contributed by atoms with E-state index in [1.807, 2.05) is 18.2 Å². The molecule has 1 N–H and O–H groups in total. The van der Waals surface area contributed by atoms with E-state index < -0.39 is 0 Å². The number of amides is 1. The van der Waals surface area contributed by atoms with Gasteiger partial charge in [0.05, 0.1) is 6.20 Å². The molecule has 3 rings (SSSR count). The fourth-order valence-electron chi connectivity index (χ4n) is 2.39. The Morgan fingerprint density at radius 2 is 2.26 bits per heavy atom. The lowest BCUT2D eigenvalue weighted by atomic mass is 10.0. The number of Topliss-reactive ketones (excluding diaryl/α,β-unsaturated/α-hetero) is 1. The first-order valence-corrected chi connectivity index (χ1v) is 7.54. The van der Waals surface area contributed by atoms with E-state index in [2.05, 4.69) is 15.6 Å². The Hall–Kier alpha value is -2.70. The molecule has 0 aliphatic carbocycles. The zero-order valence-electron chi connectivity index (χ0n) is 12.9. The Bertz CT molecular complexity index is 739. The number of fused-ring (bicyclic) bond motifs is 1. The maximum absolute atomic E-state index is 11.3. The molecule has 0 radical (unpaired) electrons. The first-order valence-electron chi connectivity index (χ1n) is 7.54. The third kappa shape index (κ3) is 3.94. The van der Waals surface area contributed by atoms with Gasteiger partial charge in [0, 0.05) is 25.1 Å². The molecular formula is C16H18N4O3. The number of carbonyl (C=O) groups is 2. The Balaban J connectivity index is 1.58. The zero-order valence-corrected chi connectivity index (χ0v) is 12.9. The van der Waals surface area contributed by atoms with E-state index in [0.717, 1.165) is 23.4 Å². The normalized spacial score (nSPS) is 13.3. The predicted octanol–water partition coefficient (Wildman–Crippen LogP) is 1.72. The van der Waals surface area contributed by atoms with Crippen molar-refractivity contribution in [2.45, 2.75) is 39.3 Å². The minimum Gasteiger partial charge on any atom is -0.487 e. The zero-order chi connectivity index (χ0) is 16.2. The molecule has 1 aliphatic rings. The molecule has 0 saturated carbocycles. The van der Waals surface area contributed by atoms with Crippen LogP contribution in [0.25, 0.3) is 0 Å². The van der Waals surface area contributed by atoms with Gasteiger partial charge in [-0.1, -0.05) is 5.21 Å². The standard InChI is InChI=1S/C16H18N4O3/c1-11(21)6-7-20-9-13(18-19-20)10-23-14-3-4-15-12(8-14)2-5-16(22)17-15/h3-4,8-9H,2,5-7,10H2,1H3,(H,17,22). The van der Waals surface area contributed by atoms with E-state index in [1.54, 1.807) is 17.8 Å². The van der Waals surface area contributed by atoms with Crippen LogP contribution in [-0.2, 0) is 29.2 Å². The number of benzene rings is 1. The van der Waals surface area contributed by atoms with E-state index in [0.29, 0.717) is 31.7 Å². The van der Waals surface area contributed by atoms with Gasteiger partial charge in [0.1, 0.15) is 23.8 Å². The van der Waals surface area contributed by atoms with E-state index in [9.17, 15) is 9.59 Å². The lowest BCUT2D eigenvalue weighted by Crippen LogP contribution is -2.18. The number of ketones is 1. The molecule has 23 heavy (non-hydrogen) atoms. The Labute approximate surface area is 133 Å². The summed E-state index contributed by atoms with van der Waals surface area (Å²) in [7, 11) is 0. The second-order valence-corrected chi connectivity index (χ2v) is 5.58. The smallest absolute Gasteiger partial charge is 0.224 e. The van der Waals surface area contributed by atoms with Gasteiger partial charge in [-0.2, -0.15) is 0 Å². The third-order valence-electron chi connectivity index (χ3n) is 3.64. The maximum Gasteiger partial charge on any atom is 0.224 e. The number of rotatable bonds is 6. The molecule has 7 heteroatoms. The number of nitrogens with zero attached hydrogens (tertiary/aromatic N) is 3. The molecule has 120 valence electrons. The van der Waals surface area contributed by atoms with Gasteiger partial charge in [-0.25, -0.2) is 0 Å². The molecule has 0 spiro atoms. The molecule has 0 saturated heterocycles. The second-order valence-electron chi connectivity index (χ2n) is 5.58. The number of hydrogen-bond donors (Lipinski definition) is 1. The number of hydrogen-bond acceptors (Lipinski definition) is 5. The Morgan fingerprint density at radius 3 is 3.09 bits per heavy atom. The predicted molar refractivity (Wildman–Crippen MR) is 83.0 cm³/mol. The SMILES string of the molecule is CC(=O)CCn1cc(COc2ccc3c(c2)CCC(=O)N3)nn1. The fourth-order valence-corrected chi connectivity index (χ4v) is 2.39. The van der Waals surface area contributed by atoms with E-state index in [-0.39, 0.29) is 11.7 Å². The van der Waals surface area contributed by atoms with Crippen LogP contribution in [0.2, 0.25) is 0 Å². The summed E-state index contributed by atoms with van der Waals surface area (Å²) in [5, 5.41) is 10.8. The number of carbonyl (C=O) groups excluding carboxylic acids is 2. The summed E-state index contributed by atoms with van der Waals surface area (Å²) in [4.78, 5) is 22.3. The van der Waals surface area contributed by atoms with E-state index in [1.165, 1.54) is 0 Å². The number of ether oxygens (including phenoxy) is 1. The molecule has 0 fully saturated rings. The van der Waals surface area contributed by atoms with Crippen molar-refractivity contribution in [2.75, 3.05) is 5.32 Å². The Kier molecular flexibility index (Phi) is 4.36. The average molecular weight is 314 g/mol. The molecule has 2 aromatic rings. The van der Waals surface area contributed by atoms with Crippen LogP contribution in [0.3, 0.4) is 0 Å². The van der Waals surface area contributed by atoms with Crippen LogP contribution in [0.4, 0.5) is 5.69 Å². The van der Waals surface area contributed by atoms with Crippen LogP contribution in [-0.4, -0.2) is 26.7 Å². The van der Waals surface area contributed by atoms with Crippen LogP contribution in [0.15, 0.2) is 24.4 Å². The van der Waals surface area contributed by atoms with Crippen LogP contribution in [0.5, 0.6) is 5.75 Å². The first kappa shape index (κ1) is 15.2. The number of aromatic nitrogens is 3. The number of aryl methyl sites for hydroxylation is 2. The van der Waals surface area contributed by atoms with E-state index >= 15 is 0 Å². The lowest BCUT2D eigenvalue weighted by molar-refractivity contribution is -0.117. The third-order valence-corrected chi connectivity index (χ3v) is 3.64. The van der Waals surface area contributed by atoms with Crippen LogP contribution in [0, 0.1) is 0 Å². The van der Waals surface area contributed by atoms with Crippen molar-refractivity contribution in [2.24, 2.45) is 0 Å². The average Bonchev–Trinajstić information content (AvgIpc) is 2.99. The monoisotopic (exact) mass is 314 g/mol. The van der Waals surface area contributed by atoms with Crippen molar-refractivity contribution in [1.82, 2.24) is 15.0 Å². The van der Waals surface area contributed by atoms with Crippen molar-refractivity contribution >= 4 is 17.4 Å². The van der Waals surface area contributed by atoms with E-state index in [4.69, 9.17) is 4.74 Å².